The van der Waals surface area contributed by atoms with Crippen LogP contribution in [-0.2, 0) is 11.2 Å². The van der Waals surface area contributed by atoms with Crippen molar-refractivity contribution in [3.05, 3.63) is 65.9 Å². The molecule has 146 valence electrons. The molecule has 2 aromatic carbocycles. The van der Waals surface area contributed by atoms with Crippen LogP contribution in [0, 0.1) is 0 Å². The maximum atomic E-state index is 12.7. The van der Waals surface area contributed by atoms with Crippen molar-refractivity contribution >= 4 is 22.7 Å². The summed E-state index contributed by atoms with van der Waals surface area (Å²) >= 11 is 0. The molecule has 0 aliphatic rings. The normalized spacial score (nSPS) is 12.0. The second-order valence-corrected chi connectivity index (χ2v) is 6.98. The molecule has 3 N–H and O–H groups in total. The summed E-state index contributed by atoms with van der Waals surface area (Å²) < 4.78 is 5.12. The summed E-state index contributed by atoms with van der Waals surface area (Å²) in [6.45, 7) is 3.79. The Kier molecular flexibility index (Phi) is 5.99. The van der Waals surface area contributed by atoms with Gasteiger partial charge in [0.2, 0.25) is 5.91 Å². The van der Waals surface area contributed by atoms with E-state index in [2.05, 4.69) is 15.6 Å². The van der Waals surface area contributed by atoms with Gasteiger partial charge in [-0.3, -0.25) is 9.59 Å². The maximum absolute atomic E-state index is 12.7. The Bertz CT molecular complexity index is 961. The summed E-state index contributed by atoms with van der Waals surface area (Å²) in [5, 5.41) is 6.81. The molecule has 0 fully saturated rings. The second kappa shape index (κ2) is 8.61. The number of hydrogen-bond donors (Lipinski definition) is 3. The fourth-order valence-electron chi connectivity index (χ4n) is 3.10. The number of H-pyrrole nitrogens is 1. The largest absolute Gasteiger partial charge is 0.497 e. The van der Waals surface area contributed by atoms with E-state index in [0.717, 1.165) is 16.5 Å². The number of fused-ring (bicyclic) bond motifs is 1. The Hall–Kier alpha value is -3.28. The van der Waals surface area contributed by atoms with Gasteiger partial charge in [0.1, 0.15) is 11.8 Å². The van der Waals surface area contributed by atoms with Crippen molar-refractivity contribution < 1.29 is 14.3 Å². The van der Waals surface area contributed by atoms with E-state index in [1.165, 1.54) is 0 Å². The van der Waals surface area contributed by atoms with Gasteiger partial charge >= 0.3 is 0 Å². The molecule has 0 aliphatic carbocycles. The average Bonchev–Trinajstić information content (AvgIpc) is 3.10. The zero-order chi connectivity index (χ0) is 20.1. The molecular formula is C22H25N3O3. The lowest BCUT2D eigenvalue weighted by atomic mass is 10.0. The fourth-order valence-corrected chi connectivity index (χ4v) is 3.10. The Balaban J connectivity index is 1.81. The number of benzene rings is 2. The quantitative estimate of drug-likeness (QED) is 0.590. The average molecular weight is 379 g/mol. The first-order valence-corrected chi connectivity index (χ1v) is 9.28. The predicted octanol–water partition coefficient (Wildman–Crippen LogP) is 3.04. The van der Waals surface area contributed by atoms with E-state index in [-0.39, 0.29) is 17.9 Å². The van der Waals surface area contributed by atoms with Gasteiger partial charge in [0.15, 0.2) is 0 Å². The summed E-state index contributed by atoms with van der Waals surface area (Å²) in [5.74, 6) is 0.165. The lowest BCUT2D eigenvalue weighted by Gasteiger charge is -2.20. The smallest absolute Gasteiger partial charge is 0.251 e. The highest BCUT2D eigenvalue weighted by molar-refractivity contribution is 5.98. The third kappa shape index (κ3) is 4.52. The van der Waals surface area contributed by atoms with Crippen LogP contribution in [0.15, 0.2) is 54.7 Å². The molecule has 3 aromatic rings. The van der Waals surface area contributed by atoms with Crippen LogP contribution in [0.4, 0.5) is 0 Å². The number of rotatable bonds is 7. The van der Waals surface area contributed by atoms with Crippen LogP contribution in [0.3, 0.4) is 0 Å². The lowest BCUT2D eigenvalue weighted by Crippen LogP contribution is -2.49. The van der Waals surface area contributed by atoms with Crippen LogP contribution in [0.2, 0.25) is 0 Å². The van der Waals surface area contributed by atoms with Gasteiger partial charge < -0.3 is 20.4 Å². The van der Waals surface area contributed by atoms with E-state index in [1.807, 2.05) is 44.3 Å². The first-order valence-electron chi connectivity index (χ1n) is 9.28. The molecule has 28 heavy (non-hydrogen) atoms. The van der Waals surface area contributed by atoms with Crippen molar-refractivity contribution in [3.63, 3.8) is 0 Å². The van der Waals surface area contributed by atoms with Crippen LogP contribution in [0.1, 0.15) is 29.8 Å². The van der Waals surface area contributed by atoms with E-state index < -0.39 is 6.04 Å². The molecule has 0 saturated heterocycles. The van der Waals surface area contributed by atoms with Crippen LogP contribution in [0.25, 0.3) is 10.9 Å². The van der Waals surface area contributed by atoms with Crippen LogP contribution in [-0.4, -0.2) is 36.0 Å². The van der Waals surface area contributed by atoms with Gasteiger partial charge in [0.05, 0.1) is 7.11 Å². The highest BCUT2D eigenvalue weighted by Gasteiger charge is 2.23. The molecule has 6 heteroatoms. The number of ether oxygens (including phenoxy) is 1. The number of nitrogens with one attached hydrogen (secondary N) is 3. The van der Waals surface area contributed by atoms with E-state index in [0.29, 0.717) is 17.7 Å². The van der Waals surface area contributed by atoms with Gasteiger partial charge in [-0.05, 0) is 49.7 Å². The van der Waals surface area contributed by atoms with Crippen molar-refractivity contribution in [1.82, 2.24) is 15.6 Å². The Morgan fingerprint density at radius 2 is 1.75 bits per heavy atom. The Morgan fingerprint density at radius 3 is 2.43 bits per heavy atom. The first-order chi connectivity index (χ1) is 13.5. The number of carbonyl (C=O) groups excluding carboxylic acids is 2. The molecule has 3 rings (SSSR count). The second-order valence-electron chi connectivity index (χ2n) is 6.98. The van der Waals surface area contributed by atoms with Crippen LogP contribution >= 0.6 is 0 Å². The van der Waals surface area contributed by atoms with Crippen LogP contribution in [0.5, 0.6) is 5.75 Å². The number of amides is 2. The van der Waals surface area contributed by atoms with Gasteiger partial charge in [-0.15, -0.1) is 0 Å². The first kappa shape index (κ1) is 19.5. The molecule has 0 bridgehead atoms. The Labute approximate surface area is 164 Å². The molecule has 2 amide bonds. The molecule has 0 saturated carbocycles. The van der Waals surface area contributed by atoms with Crippen molar-refractivity contribution in [1.29, 1.82) is 0 Å². The third-order valence-corrected chi connectivity index (χ3v) is 4.50. The summed E-state index contributed by atoms with van der Waals surface area (Å²) in [5.41, 5.74) is 2.46. The van der Waals surface area contributed by atoms with E-state index in [4.69, 9.17) is 4.74 Å². The molecule has 0 unspecified atom stereocenters. The maximum Gasteiger partial charge on any atom is 0.251 e. The summed E-state index contributed by atoms with van der Waals surface area (Å²) in [7, 11) is 1.57. The van der Waals surface area contributed by atoms with E-state index in [1.54, 1.807) is 31.4 Å². The molecule has 0 radical (unpaired) electrons. The monoisotopic (exact) mass is 379 g/mol. The van der Waals surface area contributed by atoms with Gasteiger partial charge in [0.25, 0.3) is 5.91 Å². The van der Waals surface area contributed by atoms with Gasteiger partial charge in [-0.1, -0.05) is 18.2 Å². The molecule has 1 aromatic heterocycles. The minimum absolute atomic E-state index is 0.0177. The molecule has 0 spiro atoms. The molecule has 0 aliphatic heterocycles. The number of carbonyl (C=O) groups is 2. The minimum atomic E-state index is -0.684. The Morgan fingerprint density at radius 1 is 1.04 bits per heavy atom. The lowest BCUT2D eigenvalue weighted by molar-refractivity contribution is -0.123. The van der Waals surface area contributed by atoms with Crippen molar-refractivity contribution in [2.24, 2.45) is 0 Å². The zero-order valence-corrected chi connectivity index (χ0v) is 16.3. The standard InChI is InChI=1S/C22H25N3O3/c1-14(2)24-22(27)20(12-16-13-23-19-7-5-4-6-18(16)19)25-21(26)15-8-10-17(28-3)11-9-15/h4-11,13-14,20,23H,12H2,1-3H3,(H,24,27)(H,25,26)/t20-/m1/s1. The van der Waals surface area contributed by atoms with E-state index in [9.17, 15) is 9.59 Å². The number of para-hydroxylation sites is 1. The van der Waals surface area contributed by atoms with Gasteiger partial charge in [0, 0.05) is 35.1 Å². The summed E-state index contributed by atoms with van der Waals surface area (Å²) in [6, 6.07) is 14.0. The predicted molar refractivity (Wildman–Crippen MR) is 110 cm³/mol. The van der Waals surface area contributed by atoms with Crippen LogP contribution < -0.4 is 15.4 Å². The number of aromatic nitrogens is 1. The molecule has 1 atom stereocenters. The van der Waals surface area contributed by atoms with Gasteiger partial charge in [-0.25, -0.2) is 0 Å². The summed E-state index contributed by atoms with van der Waals surface area (Å²) in [6.07, 6.45) is 2.28. The SMILES string of the molecule is COc1ccc(C(=O)N[C@H](Cc2c[nH]c3ccccc23)C(=O)NC(C)C)cc1. The number of methoxy groups -OCH3 is 1. The highest BCUT2D eigenvalue weighted by Crippen LogP contribution is 2.19. The minimum Gasteiger partial charge on any atom is -0.497 e. The molecule has 1 heterocycles. The highest BCUT2D eigenvalue weighted by atomic mass is 16.5. The van der Waals surface area contributed by atoms with Crippen molar-refractivity contribution in [2.75, 3.05) is 7.11 Å². The third-order valence-electron chi connectivity index (χ3n) is 4.50. The topological polar surface area (TPSA) is 83.2 Å². The van der Waals surface area contributed by atoms with Gasteiger partial charge in [-0.2, -0.15) is 0 Å². The summed E-state index contributed by atoms with van der Waals surface area (Å²) in [4.78, 5) is 28.6. The number of hydrogen-bond acceptors (Lipinski definition) is 3. The molecular weight excluding hydrogens is 354 g/mol. The fraction of sp³-hybridized carbons (Fsp3) is 0.273. The zero-order valence-electron chi connectivity index (χ0n) is 16.3. The number of aromatic amines is 1. The van der Waals surface area contributed by atoms with Crippen molar-refractivity contribution in [2.45, 2.75) is 32.4 Å². The van der Waals surface area contributed by atoms with E-state index >= 15 is 0 Å². The van der Waals surface area contributed by atoms with Crippen molar-refractivity contribution in [3.8, 4) is 5.75 Å². The molecule has 6 nitrogen and oxygen atoms in total.